The minimum absolute atomic E-state index is 0.476. The van der Waals surface area contributed by atoms with Gasteiger partial charge in [0.15, 0.2) is 5.76 Å². The predicted octanol–water partition coefficient (Wildman–Crippen LogP) is 5.27. The molecule has 0 radical (unpaired) electrons. The monoisotopic (exact) mass is 403 g/mol. The third-order valence-electron chi connectivity index (χ3n) is 4.11. The molecule has 1 N–H and O–H groups in total. The van der Waals surface area contributed by atoms with E-state index >= 15 is 0 Å². The van der Waals surface area contributed by atoms with E-state index in [1.807, 2.05) is 81.6 Å². The van der Waals surface area contributed by atoms with Crippen LogP contribution in [-0.4, -0.2) is 32.0 Å². The molecule has 7 heteroatoms. The van der Waals surface area contributed by atoms with Gasteiger partial charge in [0.2, 0.25) is 5.84 Å². The van der Waals surface area contributed by atoms with Crippen molar-refractivity contribution >= 4 is 11.5 Å². The van der Waals surface area contributed by atoms with E-state index in [1.165, 1.54) is 0 Å². The molecule has 0 unspecified atom stereocenters. The molecule has 0 atom stereocenters. The van der Waals surface area contributed by atoms with Crippen LogP contribution in [0.5, 0.6) is 0 Å². The zero-order valence-corrected chi connectivity index (χ0v) is 18.0. The normalized spacial score (nSPS) is 12.4. The maximum Gasteiger partial charge on any atom is 0.353 e. The lowest BCUT2D eigenvalue weighted by Gasteiger charge is -2.18. The number of hydrogen-bond acceptors (Lipinski definition) is 5. The van der Waals surface area contributed by atoms with E-state index in [-0.39, 0.29) is 0 Å². The van der Waals surface area contributed by atoms with Gasteiger partial charge in [0.05, 0.1) is 30.5 Å². The SMILES string of the molecule is C/C=C(\C(=C/C#[N+]NC)OC)N(C)/N=C(\N=Nc1ccccc1C)c1ccccc1. The van der Waals surface area contributed by atoms with Gasteiger partial charge >= 0.3 is 6.07 Å². The van der Waals surface area contributed by atoms with E-state index in [4.69, 9.17) is 4.74 Å². The zero-order chi connectivity index (χ0) is 21.8. The minimum Gasteiger partial charge on any atom is -0.494 e. The van der Waals surface area contributed by atoms with Crippen LogP contribution in [0, 0.1) is 13.0 Å². The van der Waals surface area contributed by atoms with Gasteiger partial charge in [-0.25, -0.2) is 0 Å². The molecule has 154 valence electrons. The number of benzene rings is 2. The van der Waals surface area contributed by atoms with E-state index in [9.17, 15) is 0 Å². The topological polar surface area (TPSA) is 65.9 Å². The highest BCUT2D eigenvalue weighted by atomic mass is 16.5. The van der Waals surface area contributed by atoms with E-state index in [2.05, 4.69) is 31.8 Å². The van der Waals surface area contributed by atoms with Crippen LogP contribution in [0.3, 0.4) is 0 Å². The molecule has 2 rings (SSSR count). The molecule has 0 aromatic heterocycles. The van der Waals surface area contributed by atoms with Crippen LogP contribution in [0.4, 0.5) is 5.69 Å². The van der Waals surface area contributed by atoms with Gasteiger partial charge in [-0.1, -0.05) is 60.0 Å². The number of azo groups is 1. The molecule has 0 heterocycles. The van der Waals surface area contributed by atoms with Gasteiger partial charge in [0, 0.05) is 12.6 Å². The van der Waals surface area contributed by atoms with Crippen molar-refractivity contribution in [3.05, 3.63) is 94.3 Å². The molecule has 0 saturated carbocycles. The van der Waals surface area contributed by atoms with Crippen molar-refractivity contribution in [2.75, 3.05) is 21.2 Å². The Morgan fingerprint density at radius 2 is 1.83 bits per heavy atom. The number of likely N-dealkylation sites (N-methyl/N-ethyl adjacent to an activating group) is 1. The van der Waals surface area contributed by atoms with E-state index in [1.54, 1.807) is 25.2 Å². The highest BCUT2D eigenvalue weighted by Gasteiger charge is 2.13. The van der Waals surface area contributed by atoms with Crippen molar-refractivity contribution < 1.29 is 4.74 Å². The summed E-state index contributed by atoms with van der Waals surface area (Å²) in [5.41, 5.74) is 6.07. The van der Waals surface area contributed by atoms with Gasteiger partial charge in [-0.15, -0.1) is 10.2 Å². The molecule has 30 heavy (non-hydrogen) atoms. The number of aryl methyl sites for hydroxylation is 1. The van der Waals surface area contributed by atoms with Crippen molar-refractivity contribution in [1.82, 2.24) is 10.4 Å². The summed E-state index contributed by atoms with van der Waals surface area (Å²) in [5.74, 6) is 1.04. The lowest BCUT2D eigenvalue weighted by atomic mass is 10.2. The van der Waals surface area contributed by atoms with Gasteiger partial charge < -0.3 is 4.74 Å². The highest BCUT2D eigenvalue weighted by Crippen LogP contribution is 2.20. The van der Waals surface area contributed by atoms with Crippen molar-refractivity contribution in [2.45, 2.75) is 13.8 Å². The second-order valence-electron chi connectivity index (χ2n) is 6.15. The Morgan fingerprint density at radius 3 is 2.47 bits per heavy atom. The standard InChI is InChI=1S/C23H27N6O/c1-6-21(22(30-5)16-17-25-24-3)29(4)28-23(19-13-8-7-9-14-19)27-26-20-15-11-10-12-18(20)2/h6-16,24H,1-5H3/q+1/b21-6+,22-16+,27-26?,28-23-. The quantitative estimate of drug-likeness (QED) is 0.136. The Balaban J connectivity index is 2.44. The zero-order valence-electron chi connectivity index (χ0n) is 18.0. The van der Waals surface area contributed by atoms with E-state index in [0.717, 1.165) is 22.5 Å². The number of ether oxygens (including phenoxy) is 1. The number of amidine groups is 1. The average molecular weight is 404 g/mol. The van der Waals surface area contributed by atoms with Crippen LogP contribution in [0.1, 0.15) is 18.1 Å². The number of nitrogens with zero attached hydrogens (tertiary/aromatic N) is 5. The molecular formula is C23H27N6O+. The summed E-state index contributed by atoms with van der Waals surface area (Å²) in [7, 11) is 5.11. The second-order valence-corrected chi connectivity index (χ2v) is 6.15. The van der Waals surface area contributed by atoms with Crippen LogP contribution in [0.15, 0.2) is 93.5 Å². The van der Waals surface area contributed by atoms with Gasteiger partial charge in [-0.3, -0.25) is 5.01 Å². The number of rotatable bonds is 6. The maximum atomic E-state index is 5.48. The van der Waals surface area contributed by atoms with Crippen LogP contribution in [0.2, 0.25) is 0 Å². The fraction of sp³-hybridized carbons (Fsp3) is 0.217. The first-order chi connectivity index (χ1) is 14.6. The molecule has 0 fully saturated rings. The molecule has 0 spiro atoms. The Kier molecular flexibility index (Phi) is 8.81. The molecule has 7 nitrogen and oxygen atoms in total. The number of nitrogens with one attached hydrogen (secondary N) is 1. The van der Waals surface area contributed by atoms with Crippen molar-refractivity contribution in [2.24, 2.45) is 15.3 Å². The lowest BCUT2D eigenvalue weighted by Crippen LogP contribution is -2.16. The molecular weight excluding hydrogens is 376 g/mol. The highest BCUT2D eigenvalue weighted by molar-refractivity contribution is 5.99. The van der Waals surface area contributed by atoms with Crippen LogP contribution in [-0.2, 0) is 4.74 Å². The molecule has 2 aromatic carbocycles. The first-order valence-electron chi connectivity index (χ1n) is 9.48. The molecule has 0 aliphatic heterocycles. The number of hydrazone groups is 1. The molecule has 0 saturated heterocycles. The smallest absolute Gasteiger partial charge is 0.353 e. The largest absolute Gasteiger partial charge is 0.494 e. The van der Waals surface area contributed by atoms with E-state index < -0.39 is 0 Å². The fourth-order valence-corrected chi connectivity index (χ4v) is 2.58. The Hall–Kier alpha value is -3.92. The molecule has 0 aliphatic rings. The molecule has 0 amide bonds. The minimum atomic E-state index is 0.476. The van der Waals surface area contributed by atoms with Gasteiger partial charge in [0.25, 0.3) is 0 Å². The Labute approximate surface area is 177 Å². The van der Waals surface area contributed by atoms with Gasteiger partial charge in [-0.05, 0) is 25.5 Å². The van der Waals surface area contributed by atoms with Crippen LogP contribution >= 0.6 is 0 Å². The van der Waals surface area contributed by atoms with Crippen molar-refractivity contribution in [3.63, 3.8) is 0 Å². The van der Waals surface area contributed by atoms with Gasteiger partial charge in [-0.2, -0.15) is 5.10 Å². The van der Waals surface area contributed by atoms with E-state index in [0.29, 0.717) is 11.6 Å². The second kappa shape index (κ2) is 11.8. The number of hydrogen-bond donors (Lipinski definition) is 1. The van der Waals surface area contributed by atoms with Crippen LogP contribution < -0.4 is 5.43 Å². The maximum absolute atomic E-state index is 5.48. The number of methoxy groups -OCH3 is 1. The van der Waals surface area contributed by atoms with Crippen molar-refractivity contribution in [1.29, 1.82) is 0 Å². The Bertz CT molecular complexity index is 1010. The molecule has 2 aromatic rings. The predicted molar refractivity (Wildman–Crippen MR) is 122 cm³/mol. The molecule has 0 aliphatic carbocycles. The molecule has 0 bridgehead atoms. The summed E-state index contributed by atoms with van der Waals surface area (Å²) in [6.07, 6.45) is 3.52. The summed E-state index contributed by atoms with van der Waals surface area (Å²) >= 11 is 0. The van der Waals surface area contributed by atoms with Gasteiger partial charge in [0.1, 0.15) is 6.08 Å². The Morgan fingerprint density at radius 1 is 1.13 bits per heavy atom. The summed E-state index contributed by atoms with van der Waals surface area (Å²) in [4.78, 5) is 3.84. The van der Waals surface area contributed by atoms with Crippen molar-refractivity contribution in [3.8, 4) is 6.07 Å². The summed E-state index contributed by atoms with van der Waals surface area (Å²) in [6.45, 7) is 3.90. The average Bonchev–Trinajstić information content (AvgIpc) is 2.77. The van der Waals surface area contributed by atoms with Crippen LogP contribution in [0.25, 0.3) is 4.95 Å². The third kappa shape index (κ3) is 6.31. The number of allylic oxidation sites excluding steroid dienone is 2. The third-order valence-corrected chi connectivity index (χ3v) is 4.11. The fourth-order valence-electron chi connectivity index (χ4n) is 2.58. The first kappa shape index (κ1) is 22.4. The lowest BCUT2D eigenvalue weighted by molar-refractivity contribution is 0.272. The summed E-state index contributed by atoms with van der Waals surface area (Å²) in [5, 5.41) is 15.2. The first-order valence-corrected chi connectivity index (χ1v) is 9.48. The summed E-state index contributed by atoms with van der Waals surface area (Å²) in [6, 6.07) is 20.3. The summed E-state index contributed by atoms with van der Waals surface area (Å²) < 4.78 is 5.48.